The number of hydrogen-bond donors (Lipinski definition) is 2. The molecule has 0 saturated heterocycles. The molecule has 0 spiro atoms. The van der Waals surface area contributed by atoms with Crippen LogP contribution < -0.4 is 15.8 Å². The van der Waals surface area contributed by atoms with Crippen LogP contribution in [0.15, 0.2) is 53.7 Å². The second kappa shape index (κ2) is 8.53. The summed E-state index contributed by atoms with van der Waals surface area (Å²) < 4.78 is 6.17. The van der Waals surface area contributed by atoms with Crippen molar-refractivity contribution in [1.29, 1.82) is 0 Å². The van der Waals surface area contributed by atoms with Crippen LogP contribution in [0.2, 0.25) is 0 Å². The normalized spacial score (nSPS) is 12.4. The molecule has 0 aliphatic carbocycles. The summed E-state index contributed by atoms with van der Waals surface area (Å²) in [7, 11) is 1.59. The van der Waals surface area contributed by atoms with Crippen LogP contribution in [0.3, 0.4) is 0 Å². The van der Waals surface area contributed by atoms with Gasteiger partial charge >= 0.3 is 0 Å². The summed E-state index contributed by atoms with van der Waals surface area (Å²) in [5, 5.41) is 6.57. The Morgan fingerprint density at radius 2 is 1.79 bits per heavy atom. The molecule has 0 saturated carbocycles. The monoisotopic (exact) mass is 439 g/mol. The maximum atomic E-state index is 12.1. The Balaban J connectivity index is 1.93. The van der Waals surface area contributed by atoms with Gasteiger partial charge in [-0.1, -0.05) is 5.16 Å². The van der Waals surface area contributed by atoms with Crippen molar-refractivity contribution in [2.24, 2.45) is 10.9 Å². The maximum Gasteiger partial charge on any atom is 0.267 e. The lowest BCUT2D eigenvalue weighted by atomic mass is 10.2. The zero-order valence-electron chi connectivity index (χ0n) is 13.3. The molecule has 2 rings (SSSR count). The van der Waals surface area contributed by atoms with Gasteiger partial charge in [0.05, 0.1) is 7.11 Å². The average molecular weight is 439 g/mol. The number of nitrogens with two attached hydrogens (primary N) is 1. The third-order valence-corrected chi connectivity index (χ3v) is 3.90. The summed E-state index contributed by atoms with van der Waals surface area (Å²) in [6.45, 7) is 1.60. The Hall–Kier alpha value is -2.29. The minimum absolute atomic E-state index is 0.187. The standard InChI is InChI=1S/C17H18IN3O3/c1-11(17(22)20-14-7-5-13(18)6-8-14)24-21-16(19)12-3-9-15(23-2)10-4-12/h3-11H,1-2H3,(H2,19,21)(H,20,22). The van der Waals surface area contributed by atoms with E-state index in [1.165, 1.54) is 0 Å². The fourth-order valence-electron chi connectivity index (χ4n) is 1.78. The van der Waals surface area contributed by atoms with E-state index in [4.69, 9.17) is 15.3 Å². The first-order chi connectivity index (χ1) is 11.5. The second-order valence-corrected chi connectivity index (χ2v) is 6.19. The summed E-state index contributed by atoms with van der Waals surface area (Å²) in [5.41, 5.74) is 7.23. The number of anilines is 1. The molecule has 126 valence electrons. The predicted molar refractivity (Wildman–Crippen MR) is 102 cm³/mol. The number of oxime groups is 1. The fraction of sp³-hybridized carbons (Fsp3) is 0.176. The summed E-state index contributed by atoms with van der Waals surface area (Å²) in [4.78, 5) is 17.3. The maximum absolute atomic E-state index is 12.1. The van der Waals surface area contributed by atoms with Crippen LogP contribution in [0.1, 0.15) is 12.5 Å². The number of rotatable bonds is 6. The second-order valence-electron chi connectivity index (χ2n) is 4.95. The van der Waals surface area contributed by atoms with E-state index in [0.717, 1.165) is 9.32 Å². The largest absolute Gasteiger partial charge is 0.497 e. The van der Waals surface area contributed by atoms with Crippen LogP contribution in [0.5, 0.6) is 5.75 Å². The molecule has 3 N–H and O–H groups in total. The highest BCUT2D eigenvalue weighted by Crippen LogP contribution is 2.13. The highest BCUT2D eigenvalue weighted by Gasteiger charge is 2.14. The molecule has 2 aromatic carbocycles. The van der Waals surface area contributed by atoms with E-state index >= 15 is 0 Å². The summed E-state index contributed by atoms with van der Waals surface area (Å²) in [5.74, 6) is 0.604. The number of hydrogen-bond acceptors (Lipinski definition) is 4. The van der Waals surface area contributed by atoms with Crippen molar-refractivity contribution in [1.82, 2.24) is 0 Å². The van der Waals surface area contributed by atoms with Gasteiger partial charge in [-0.2, -0.15) is 0 Å². The van der Waals surface area contributed by atoms with Gasteiger partial charge in [0.15, 0.2) is 5.84 Å². The third-order valence-electron chi connectivity index (χ3n) is 3.18. The number of nitrogens with zero attached hydrogens (tertiary/aromatic N) is 1. The molecule has 24 heavy (non-hydrogen) atoms. The number of methoxy groups -OCH3 is 1. The van der Waals surface area contributed by atoms with E-state index in [0.29, 0.717) is 11.3 Å². The minimum Gasteiger partial charge on any atom is -0.497 e. The Kier molecular flexibility index (Phi) is 6.42. The zero-order chi connectivity index (χ0) is 17.5. The molecular formula is C17H18IN3O3. The topological polar surface area (TPSA) is 85.9 Å². The molecule has 0 bridgehead atoms. The van der Waals surface area contributed by atoms with E-state index in [1.807, 2.05) is 24.3 Å². The molecule has 0 aliphatic heterocycles. The smallest absolute Gasteiger partial charge is 0.267 e. The Bertz CT molecular complexity index is 715. The molecule has 0 heterocycles. The van der Waals surface area contributed by atoms with E-state index in [-0.39, 0.29) is 11.7 Å². The first-order valence-electron chi connectivity index (χ1n) is 7.19. The van der Waals surface area contributed by atoms with E-state index < -0.39 is 6.10 Å². The van der Waals surface area contributed by atoms with E-state index in [9.17, 15) is 4.79 Å². The number of amides is 1. The fourth-order valence-corrected chi connectivity index (χ4v) is 2.13. The van der Waals surface area contributed by atoms with Gasteiger partial charge in [-0.15, -0.1) is 0 Å². The van der Waals surface area contributed by atoms with Gasteiger partial charge < -0.3 is 20.6 Å². The van der Waals surface area contributed by atoms with Crippen molar-refractivity contribution in [3.8, 4) is 5.75 Å². The highest BCUT2D eigenvalue weighted by atomic mass is 127. The molecule has 1 unspecified atom stereocenters. The van der Waals surface area contributed by atoms with Gasteiger partial charge in [-0.3, -0.25) is 4.79 Å². The molecule has 6 nitrogen and oxygen atoms in total. The quantitative estimate of drug-likeness (QED) is 0.314. The van der Waals surface area contributed by atoms with Crippen molar-refractivity contribution in [3.05, 3.63) is 57.7 Å². The zero-order valence-corrected chi connectivity index (χ0v) is 15.5. The van der Waals surface area contributed by atoms with Crippen LogP contribution in [0.4, 0.5) is 5.69 Å². The molecule has 1 amide bonds. The first kappa shape index (κ1) is 18.1. The summed E-state index contributed by atoms with van der Waals surface area (Å²) in [6, 6.07) is 14.5. The Labute approximate surface area is 154 Å². The van der Waals surface area contributed by atoms with Gasteiger partial charge in [0.2, 0.25) is 6.10 Å². The SMILES string of the molecule is COc1ccc(C(N)=NOC(C)C(=O)Nc2ccc(I)cc2)cc1. The minimum atomic E-state index is -0.777. The number of ether oxygens (including phenoxy) is 1. The molecule has 0 fully saturated rings. The molecular weight excluding hydrogens is 421 g/mol. The summed E-state index contributed by atoms with van der Waals surface area (Å²) in [6.07, 6.45) is -0.777. The van der Waals surface area contributed by atoms with Crippen molar-refractivity contribution in [2.45, 2.75) is 13.0 Å². The number of halogens is 1. The van der Waals surface area contributed by atoms with Gasteiger partial charge in [0.1, 0.15) is 5.75 Å². The van der Waals surface area contributed by atoms with Crippen molar-refractivity contribution >= 4 is 40.0 Å². The Morgan fingerprint density at radius 1 is 1.17 bits per heavy atom. The average Bonchev–Trinajstić information content (AvgIpc) is 2.61. The molecule has 2 aromatic rings. The summed E-state index contributed by atoms with van der Waals surface area (Å²) >= 11 is 2.20. The van der Waals surface area contributed by atoms with Gasteiger partial charge in [-0.05, 0) is 78.0 Å². The van der Waals surface area contributed by atoms with Crippen LogP contribution in [0, 0.1) is 3.57 Å². The van der Waals surface area contributed by atoms with Crippen LogP contribution in [-0.4, -0.2) is 25.0 Å². The highest BCUT2D eigenvalue weighted by molar-refractivity contribution is 14.1. The van der Waals surface area contributed by atoms with E-state index in [2.05, 4.69) is 33.1 Å². The van der Waals surface area contributed by atoms with Crippen LogP contribution in [0.25, 0.3) is 0 Å². The van der Waals surface area contributed by atoms with Gasteiger partial charge in [-0.25, -0.2) is 0 Å². The molecule has 0 radical (unpaired) electrons. The number of carbonyl (C=O) groups is 1. The van der Waals surface area contributed by atoms with Crippen LogP contribution >= 0.6 is 22.6 Å². The molecule has 0 aromatic heterocycles. The molecule has 1 atom stereocenters. The number of carbonyl (C=O) groups excluding carboxylic acids is 1. The van der Waals surface area contributed by atoms with E-state index in [1.54, 1.807) is 38.3 Å². The van der Waals surface area contributed by atoms with Crippen molar-refractivity contribution in [3.63, 3.8) is 0 Å². The lowest BCUT2D eigenvalue weighted by molar-refractivity contribution is -0.126. The van der Waals surface area contributed by atoms with Crippen molar-refractivity contribution in [2.75, 3.05) is 12.4 Å². The third kappa shape index (κ3) is 5.12. The number of amidine groups is 1. The number of nitrogens with one attached hydrogen (secondary N) is 1. The predicted octanol–water partition coefficient (Wildman–Crippen LogP) is 2.96. The van der Waals surface area contributed by atoms with Gasteiger partial charge in [0.25, 0.3) is 5.91 Å². The van der Waals surface area contributed by atoms with Gasteiger partial charge in [0, 0.05) is 14.8 Å². The van der Waals surface area contributed by atoms with Crippen LogP contribution in [-0.2, 0) is 9.63 Å². The number of benzene rings is 2. The van der Waals surface area contributed by atoms with Crippen molar-refractivity contribution < 1.29 is 14.4 Å². The molecule has 7 heteroatoms. The lowest BCUT2D eigenvalue weighted by Crippen LogP contribution is -2.27. The Morgan fingerprint density at radius 3 is 2.38 bits per heavy atom. The lowest BCUT2D eigenvalue weighted by Gasteiger charge is -2.11. The molecule has 0 aliphatic rings. The first-order valence-corrected chi connectivity index (χ1v) is 8.27.